The SMILES string of the molecule is CN(C)c1ccc(/C=N/C(=N)N)cc1. The molecule has 3 N–H and O–H groups in total. The summed E-state index contributed by atoms with van der Waals surface area (Å²) in [6.45, 7) is 0. The Kier molecular flexibility index (Phi) is 3.23. The molecule has 1 rings (SSSR count). The van der Waals surface area contributed by atoms with Crippen LogP contribution in [0.4, 0.5) is 5.69 Å². The van der Waals surface area contributed by atoms with Gasteiger partial charge in [-0.15, -0.1) is 0 Å². The van der Waals surface area contributed by atoms with Gasteiger partial charge in [0.25, 0.3) is 0 Å². The predicted molar refractivity (Wildman–Crippen MR) is 60.3 cm³/mol. The molecular formula is C10H14N4. The predicted octanol–water partition coefficient (Wildman–Crippen LogP) is 1.06. The quantitative estimate of drug-likeness (QED) is 0.541. The molecule has 0 aromatic heterocycles. The van der Waals surface area contributed by atoms with Crippen LogP contribution in [0.15, 0.2) is 29.3 Å². The summed E-state index contributed by atoms with van der Waals surface area (Å²) in [5.41, 5.74) is 7.16. The molecule has 0 atom stereocenters. The van der Waals surface area contributed by atoms with Crippen LogP contribution in [0.3, 0.4) is 0 Å². The van der Waals surface area contributed by atoms with Crippen LogP contribution in [0.25, 0.3) is 0 Å². The highest BCUT2D eigenvalue weighted by atomic mass is 15.1. The molecule has 4 nitrogen and oxygen atoms in total. The zero-order valence-electron chi connectivity index (χ0n) is 8.36. The Labute approximate surface area is 83.6 Å². The summed E-state index contributed by atoms with van der Waals surface area (Å²) in [6, 6.07) is 7.84. The summed E-state index contributed by atoms with van der Waals surface area (Å²) in [5.74, 6) is -0.179. The molecule has 0 unspecified atom stereocenters. The highest BCUT2D eigenvalue weighted by molar-refractivity contribution is 5.91. The van der Waals surface area contributed by atoms with Crippen molar-refractivity contribution in [1.82, 2.24) is 0 Å². The van der Waals surface area contributed by atoms with E-state index in [-0.39, 0.29) is 5.96 Å². The maximum atomic E-state index is 6.93. The van der Waals surface area contributed by atoms with Gasteiger partial charge in [-0.05, 0) is 17.7 Å². The number of nitrogens with zero attached hydrogens (tertiary/aromatic N) is 2. The number of benzene rings is 1. The Morgan fingerprint density at radius 2 is 1.93 bits per heavy atom. The molecule has 0 spiro atoms. The van der Waals surface area contributed by atoms with Crippen LogP contribution in [0.1, 0.15) is 5.56 Å². The Morgan fingerprint density at radius 3 is 2.36 bits per heavy atom. The number of aliphatic imine (C=N–C) groups is 1. The average molecular weight is 190 g/mol. The Bertz CT molecular complexity index is 338. The van der Waals surface area contributed by atoms with Gasteiger partial charge in [0.2, 0.25) is 5.96 Å². The van der Waals surface area contributed by atoms with Crippen molar-refractivity contribution in [1.29, 1.82) is 5.41 Å². The highest BCUT2D eigenvalue weighted by Crippen LogP contribution is 2.10. The van der Waals surface area contributed by atoms with E-state index < -0.39 is 0 Å². The van der Waals surface area contributed by atoms with Gasteiger partial charge in [-0.3, -0.25) is 5.41 Å². The van der Waals surface area contributed by atoms with Gasteiger partial charge in [0.15, 0.2) is 0 Å². The number of nitrogens with one attached hydrogen (secondary N) is 1. The van der Waals surface area contributed by atoms with E-state index in [0.717, 1.165) is 11.3 Å². The molecule has 4 heteroatoms. The molecule has 14 heavy (non-hydrogen) atoms. The smallest absolute Gasteiger partial charge is 0.212 e. The number of hydrogen-bond donors (Lipinski definition) is 2. The van der Waals surface area contributed by atoms with E-state index in [4.69, 9.17) is 11.1 Å². The van der Waals surface area contributed by atoms with E-state index >= 15 is 0 Å². The van der Waals surface area contributed by atoms with E-state index in [1.165, 1.54) is 0 Å². The number of rotatable bonds is 2. The van der Waals surface area contributed by atoms with Crippen LogP contribution in [-0.2, 0) is 0 Å². The van der Waals surface area contributed by atoms with Gasteiger partial charge in [-0.1, -0.05) is 12.1 Å². The van der Waals surface area contributed by atoms with Gasteiger partial charge >= 0.3 is 0 Å². The first kappa shape index (κ1) is 10.2. The standard InChI is InChI=1S/C10H14N4/c1-14(2)9-5-3-8(4-6-9)7-13-10(11)12/h3-7H,1-2H3,(H3,11,12)/b13-7+. The third-order valence-corrected chi connectivity index (χ3v) is 1.76. The summed E-state index contributed by atoms with van der Waals surface area (Å²) >= 11 is 0. The zero-order chi connectivity index (χ0) is 10.6. The molecule has 0 saturated heterocycles. The van der Waals surface area contributed by atoms with Crippen molar-refractivity contribution in [3.8, 4) is 0 Å². The second-order valence-corrected chi connectivity index (χ2v) is 3.13. The molecule has 0 heterocycles. The first-order valence-corrected chi connectivity index (χ1v) is 4.25. The maximum Gasteiger partial charge on any atom is 0.212 e. The first-order valence-electron chi connectivity index (χ1n) is 4.25. The molecule has 0 aliphatic rings. The Balaban J connectivity index is 2.78. The number of nitrogens with two attached hydrogens (primary N) is 1. The zero-order valence-corrected chi connectivity index (χ0v) is 8.36. The van der Waals surface area contributed by atoms with Crippen LogP contribution >= 0.6 is 0 Å². The van der Waals surface area contributed by atoms with E-state index in [1.807, 2.05) is 43.3 Å². The molecule has 0 amide bonds. The molecule has 0 aliphatic heterocycles. The molecular weight excluding hydrogens is 176 g/mol. The van der Waals surface area contributed by atoms with E-state index in [9.17, 15) is 0 Å². The molecule has 0 aliphatic carbocycles. The summed E-state index contributed by atoms with van der Waals surface area (Å²) in [4.78, 5) is 5.71. The molecule has 0 saturated carbocycles. The first-order chi connectivity index (χ1) is 6.59. The third kappa shape index (κ3) is 2.90. The van der Waals surface area contributed by atoms with E-state index in [1.54, 1.807) is 6.21 Å². The third-order valence-electron chi connectivity index (χ3n) is 1.76. The van der Waals surface area contributed by atoms with Gasteiger partial charge in [0, 0.05) is 26.0 Å². The van der Waals surface area contributed by atoms with Crippen LogP contribution in [0.2, 0.25) is 0 Å². The maximum absolute atomic E-state index is 6.93. The summed E-state index contributed by atoms with van der Waals surface area (Å²) in [6.07, 6.45) is 1.57. The second kappa shape index (κ2) is 4.41. The van der Waals surface area contributed by atoms with E-state index in [2.05, 4.69) is 4.99 Å². The van der Waals surface area contributed by atoms with Crippen molar-refractivity contribution in [2.24, 2.45) is 10.7 Å². The van der Waals surface area contributed by atoms with E-state index in [0.29, 0.717) is 0 Å². The molecule has 1 aromatic carbocycles. The van der Waals surface area contributed by atoms with Gasteiger partial charge < -0.3 is 10.6 Å². The fourth-order valence-corrected chi connectivity index (χ4v) is 1.00. The van der Waals surface area contributed by atoms with Crippen LogP contribution < -0.4 is 10.6 Å². The molecule has 0 radical (unpaired) electrons. The second-order valence-electron chi connectivity index (χ2n) is 3.13. The van der Waals surface area contributed by atoms with Crippen molar-refractivity contribution >= 4 is 17.9 Å². The highest BCUT2D eigenvalue weighted by Gasteiger charge is 1.93. The fourth-order valence-electron chi connectivity index (χ4n) is 1.00. The topological polar surface area (TPSA) is 65.5 Å². The van der Waals surface area contributed by atoms with Crippen LogP contribution in [0.5, 0.6) is 0 Å². The minimum Gasteiger partial charge on any atom is -0.378 e. The number of hydrogen-bond acceptors (Lipinski definition) is 2. The normalized spacial score (nSPS) is 10.4. The summed E-state index contributed by atoms with van der Waals surface area (Å²) in [5, 5.41) is 6.93. The van der Waals surface area contributed by atoms with Crippen molar-refractivity contribution in [3.63, 3.8) is 0 Å². The van der Waals surface area contributed by atoms with Gasteiger partial charge in [-0.25, -0.2) is 4.99 Å². The minimum absolute atomic E-state index is 0.179. The summed E-state index contributed by atoms with van der Waals surface area (Å²) in [7, 11) is 3.97. The largest absolute Gasteiger partial charge is 0.378 e. The minimum atomic E-state index is -0.179. The lowest BCUT2D eigenvalue weighted by atomic mass is 10.2. The van der Waals surface area contributed by atoms with Crippen molar-refractivity contribution in [2.45, 2.75) is 0 Å². The lowest BCUT2D eigenvalue weighted by Crippen LogP contribution is -2.08. The summed E-state index contributed by atoms with van der Waals surface area (Å²) < 4.78 is 0. The fraction of sp³-hybridized carbons (Fsp3) is 0.200. The molecule has 0 fully saturated rings. The van der Waals surface area contributed by atoms with Crippen molar-refractivity contribution in [2.75, 3.05) is 19.0 Å². The number of guanidine groups is 1. The average Bonchev–Trinajstić information content (AvgIpc) is 2.15. The Hall–Kier alpha value is -1.84. The van der Waals surface area contributed by atoms with Gasteiger partial charge in [0.1, 0.15) is 0 Å². The monoisotopic (exact) mass is 190 g/mol. The lowest BCUT2D eigenvalue weighted by Gasteiger charge is -2.11. The number of anilines is 1. The molecule has 74 valence electrons. The van der Waals surface area contributed by atoms with Gasteiger partial charge in [0.05, 0.1) is 0 Å². The van der Waals surface area contributed by atoms with Crippen LogP contribution in [-0.4, -0.2) is 26.3 Å². The Morgan fingerprint density at radius 1 is 1.36 bits per heavy atom. The molecule has 0 bridgehead atoms. The van der Waals surface area contributed by atoms with Gasteiger partial charge in [-0.2, -0.15) is 0 Å². The molecule has 1 aromatic rings. The van der Waals surface area contributed by atoms with Crippen LogP contribution in [0, 0.1) is 5.41 Å². The van der Waals surface area contributed by atoms with Crippen molar-refractivity contribution < 1.29 is 0 Å². The lowest BCUT2D eigenvalue weighted by molar-refractivity contribution is 1.13. The van der Waals surface area contributed by atoms with Crippen molar-refractivity contribution in [3.05, 3.63) is 29.8 Å².